The monoisotopic (exact) mass is 309 g/mol. The zero-order valence-electron chi connectivity index (χ0n) is 12.3. The average Bonchev–Trinajstić information content (AvgIpc) is 2.44. The lowest BCUT2D eigenvalue weighted by Crippen LogP contribution is -2.61. The Labute approximate surface area is 129 Å². The Hall–Kier alpha value is -1.53. The maximum absolute atomic E-state index is 13.3. The van der Waals surface area contributed by atoms with E-state index in [1.54, 1.807) is 6.92 Å². The lowest BCUT2D eigenvalue weighted by Gasteiger charge is -2.40. The van der Waals surface area contributed by atoms with E-state index < -0.39 is 5.54 Å². The van der Waals surface area contributed by atoms with E-state index in [1.165, 1.54) is 18.2 Å². The molecule has 1 amide bonds. The molecule has 4 nitrogen and oxygen atoms in total. The van der Waals surface area contributed by atoms with Gasteiger partial charge in [-0.3, -0.25) is 4.79 Å². The summed E-state index contributed by atoms with van der Waals surface area (Å²) in [4.78, 5) is 14.9. The van der Waals surface area contributed by atoms with Crippen molar-refractivity contribution in [1.82, 2.24) is 10.2 Å². The van der Waals surface area contributed by atoms with Crippen LogP contribution in [0.5, 0.6) is 0 Å². The zero-order valence-corrected chi connectivity index (χ0v) is 13.1. The van der Waals surface area contributed by atoms with E-state index in [0.29, 0.717) is 29.0 Å². The van der Waals surface area contributed by atoms with E-state index in [9.17, 15) is 9.18 Å². The van der Waals surface area contributed by atoms with E-state index in [4.69, 9.17) is 18.0 Å². The molecule has 0 spiro atoms. The molecule has 1 fully saturated rings. The minimum absolute atomic E-state index is 0.268. The maximum atomic E-state index is 13.3. The standard InChI is InChI=1S/C15H20FN3OS/c1-10-9-11(3-4-12(10)16)13(20)18-15(14(17)21)5-7-19(2)8-6-15/h3-4,9H,5-8H2,1-2H3,(H2,17,21)(H,18,20). The fraction of sp³-hybridized carbons (Fsp3) is 0.467. The molecule has 114 valence electrons. The number of hydrogen-bond donors (Lipinski definition) is 2. The third-order valence-corrected chi connectivity index (χ3v) is 4.48. The molecule has 1 heterocycles. The lowest BCUT2D eigenvalue weighted by molar-refractivity contribution is 0.0890. The number of likely N-dealkylation sites (tertiary alicyclic amines) is 1. The summed E-state index contributed by atoms with van der Waals surface area (Å²) in [5.74, 6) is -0.592. The SMILES string of the molecule is Cc1cc(C(=O)NC2(C(N)=S)CCN(C)CC2)ccc1F. The smallest absolute Gasteiger partial charge is 0.252 e. The van der Waals surface area contributed by atoms with Crippen molar-refractivity contribution < 1.29 is 9.18 Å². The van der Waals surface area contributed by atoms with E-state index in [1.807, 2.05) is 7.05 Å². The number of rotatable bonds is 3. The summed E-state index contributed by atoms with van der Waals surface area (Å²) in [6.45, 7) is 3.27. The van der Waals surface area contributed by atoms with Crippen molar-refractivity contribution >= 4 is 23.1 Å². The molecule has 1 saturated heterocycles. The number of hydrogen-bond acceptors (Lipinski definition) is 3. The summed E-state index contributed by atoms with van der Waals surface area (Å²) in [5, 5.41) is 2.96. The Bertz CT molecular complexity index is 568. The molecule has 0 aliphatic carbocycles. The molecule has 0 bridgehead atoms. The molecule has 2 rings (SSSR count). The Morgan fingerprint density at radius 2 is 2.05 bits per heavy atom. The van der Waals surface area contributed by atoms with Crippen molar-refractivity contribution in [2.45, 2.75) is 25.3 Å². The molecule has 0 radical (unpaired) electrons. The van der Waals surface area contributed by atoms with Gasteiger partial charge in [-0.1, -0.05) is 12.2 Å². The zero-order chi connectivity index (χ0) is 15.6. The molecule has 1 aliphatic heterocycles. The predicted molar refractivity (Wildman–Crippen MR) is 84.9 cm³/mol. The third-order valence-electron chi connectivity index (χ3n) is 4.09. The highest BCUT2D eigenvalue weighted by Gasteiger charge is 2.38. The second-order valence-corrected chi connectivity index (χ2v) is 6.11. The van der Waals surface area contributed by atoms with Crippen LogP contribution < -0.4 is 11.1 Å². The molecule has 1 aromatic carbocycles. The van der Waals surface area contributed by atoms with Crippen molar-refractivity contribution in [2.24, 2.45) is 5.73 Å². The predicted octanol–water partition coefficient (Wildman–Crippen LogP) is 1.61. The quantitative estimate of drug-likeness (QED) is 0.833. The van der Waals surface area contributed by atoms with E-state index in [2.05, 4.69) is 10.2 Å². The first kappa shape index (κ1) is 15.9. The number of nitrogens with zero attached hydrogens (tertiary/aromatic N) is 1. The molecule has 3 N–H and O–H groups in total. The van der Waals surface area contributed by atoms with Gasteiger partial charge in [0.15, 0.2) is 0 Å². The van der Waals surface area contributed by atoms with Crippen molar-refractivity contribution in [3.63, 3.8) is 0 Å². The van der Waals surface area contributed by atoms with Crippen LogP contribution in [-0.4, -0.2) is 41.5 Å². The first-order valence-electron chi connectivity index (χ1n) is 6.91. The van der Waals surface area contributed by atoms with Crippen LogP contribution in [0.4, 0.5) is 4.39 Å². The van der Waals surface area contributed by atoms with Crippen molar-refractivity contribution in [3.05, 3.63) is 35.1 Å². The molecule has 0 saturated carbocycles. The molecular weight excluding hydrogens is 289 g/mol. The number of halogens is 1. The van der Waals surface area contributed by atoms with Crippen LogP contribution in [0.25, 0.3) is 0 Å². The van der Waals surface area contributed by atoms with E-state index >= 15 is 0 Å². The molecular formula is C15H20FN3OS. The summed E-state index contributed by atoms with van der Waals surface area (Å²) < 4.78 is 13.3. The summed E-state index contributed by atoms with van der Waals surface area (Å²) in [5.41, 5.74) is 6.07. The fourth-order valence-electron chi connectivity index (χ4n) is 2.51. The Balaban J connectivity index is 2.19. The third kappa shape index (κ3) is 3.39. The molecule has 6 heteroatoms. The van der Waals surface area contributed by atoms with Crippen LogP contribution in [0.1, 0.15) is 28.8 Å². The maximum Gasteiger partial charge on any atom is 0.252 e. The highest BCUT2D eigenvalue weighted by Crippen LogP contribution is 2.23. The number of nitrogens with two attached hydrogens (primary N) is 1. The topological polar surface area (TPSA) is 58.4 Å². The molecule has 0 unspecified atom stereocenters. The number of nitrogens with one attached hydrogen (secondary N) is 1. The van der Waals surface area contributed by atoms with Crippen LogP contribution >= 0.6 is 12.2 Å². The van der Waals surface area contributed by atoms with Gasteiger partial charge in [0.05, 0.1) is 10.5 Å². The van der Waals surface area contributed by atoms with Gasteiger partial charge in [0.2, 0.25) is 0 Å². The first-order valence-corrected chi connectivity index (χ1v) is 7.32. The van der Waals surface area contributed by atoms with Gasteiger partial charge in [-0.05, 0) is 50.6 Å². The number of piperidine rings is 1. The molecule has 1 aliphatic rings. The number of benzene rings is 1. The Morgan fingerprint density at radius 3 is 2.57 bits per heavy atom. The largest absolute Gasteiger partial charge is 0.391 e. The average molecular weight is 309 g/mol. The van der Waals surface area contributed by atoms with E-state index in [-0.39, 0.29) is 11.7 Å². The van der Waals surface area contributed by atoms with Crippen LogP contribution in [0, 0.1) is 12.7 Å². The Morgan fingerprint density at radius 1 is 1.43 bits per heavy atom. The number of carbonyl (C=O) groups excluding carboxylic acids is 1. The highest BCUT2D eigenvalue weighted by atomic mass is 32.1. The second-order valence-electron chi connectivity index (χ2n) is 5.67. The van der Waals surface area contributed by atoms with Gasteiger partial charge in [-0.15, -0.1) is 0 Å². The lowest BCUT2D eigenvalue weighted by atomic mass is 9.87. The summed E-state index contributed by atoms with van der Waals surface area (Å²) in [6.07, 6.45) is 1.37. The van der Waals surface area contributed by atoms with E-state index in [0.717, 1.165) is 13.1 Å². The van der Waals surface area contributed by atoms with Crippen LogP contribution in [0.15, 0.2) is 18.2 Å². The molecule has 1 aromatic rings. The Kier molecular flexibility index (Phi) is 4.58. The van der Waals surface area contributed by atoms with Crippen LogP contribution in [0.2, 0.25) is 0 Å². The number of aryl methyl sites for hydroxylation is 1. The van der Waals surface area contributed by atoms with Gasteiger partial charge in [-0.25, -0.2) is 4.39 Å². The van der Waals surface area contributed by atoms with Gasteiger partial charge >= 0.3 is 0 Å². The number of carbonyl (C=O) groups is 1. The second kappa shape index (κ2) is 6.07. The van der Waals surface area contributed by atoms with Gasteiger partial charge < -0.3 is 16.0 Å². The van der Waals surface area contributed by atoms with Crippen molar-refractivity contribution in [2.75, 3.05) is 20.1 Å². The van der Waals surface area contributed by atoms with Crippen molar-refractivity contribution in [3.8, 4) is 0 Å². The van der Waals surface area contributed by atoms with Crippen LogP contribution in [0.3, 0.4) is 0 Å². The minimum atomic E-state index is -0.652. The normalized spacial score (nSPS) is 18.2. The highest BCUT2D eigenvalue weighted by molar-refractivity contribution is 7.80. The van der Waals surface area contributed by atoms with Crippen molar-refractivity contribution in [1.29, 1.82) is 0 Å². The fourth-order valence-corrected chi connectivity index (χ4v) is 2.76. The van der Waals surface area contributed by atoms with Crippen LogP contribution in [-0.2, 0) is 0 Å². The minimum Gasteiger partial charge on any atom is -0.391 e. The number of amides is 1. The van der Waals surface area contributed by atoms with Gasteiger partial charge in [-0.2, -0.15) is 0 Å². The van der Waals surface area contributed by atoms with Gasteiger partial charge in [0.25, 0.3) is 5.91 Å². The molecule has 0 atom stereocenters. The van der Waals surface area contributed by atoms with Gasteiger partial charge in [0.1, 0.15) is 5.82 Å². The van der Waals surface area contributed by atoms with Gasteiger partial charge in [0, 0.05) is 18.7 Å². The molecule has 0 aromatic heterocycles. The number of thiocarbonyl (C=S) groups is 1. The summed E-state index contributed by atoms with van der Waals surface area (Å²) in [7, 11) is 2.02. The summed E-state index contributed by atoms with van der Waals surface area (Å²) >= 11 is 5.17. The first-order chi connectivity index (χ1) is 9.84. The molecule has 21 heavy (non-hydrogen) atoms. The summed E-state index contributed by atoms with van der Waals surface area (Å²) in [6, 6.07) is 4.30.